The summed E-state index contributed by atoms with van der Waals surface area (Å²) in [5, 5.41) is 7.82. The zero-order chi connectivity index (χ0) is 14.7. The van der Waals surface area contributed by atoms with Gasteiger partial charge in [0.15, 0.2) is 0 Å². The molecule has 0 radical (unpaired) electrons. The van der Waals surface area contributed by atoms with Crippen molar-refractivity contribution in [2.24, 2.45) is 0 Å². The number of benzene rings is 1. The molecule has 0 amide bonds. The summed E-state index contributed by atoms with van der Waals surface area (Å²) in [5.74, 6) is 0.845. The fourth-order valence-electron chi connectivity index (χ4n) is 2.30. The highest BCUT2D eigenvalue weighted by Gasteiger charge is 2.11. The van der Waals surface area contributed by atoms with E-state index in [1.54, 1.807) is 7.11 Å². The van der Waals surface area contributed by atoms with Crippen molar-refractivity contribution in [2.75, 3.05) is 14.2 Å². The van der Waals surface area contributed by atoms with Gasteiger partial charge in [-0.15, -0.1) is 0 Å². The van der Waals surface area contributed by atoms with Crippen molar-refractivity contribution in [2.45, 2.75) is 26.9 Å². The maximum atomic E-state index is 5.25. The summed E-state index contributed by atoms with van der Waals surface area (Å²) in [7, 11) is 3.63. The van der Waals surface area contributed by atoms with Gasteiger partial charge in [-0.25, -0.2) is 0 Å². The number of aryl methyl sites for hydroxylation is 1. The molecule has 1 heterocycles. The van der Waals surface area contributed by atoms with E-state index in [0.717, 1.165) is 29.0 Å². The number of hydrogen-bond acceptors (Lipinski definition) is 3. The lowest BCUT2D eigenvalue weighted by Gasteiger charge is -2.08. The summed E-state index contributed by atoms with van der Waals surface area (Å²) in [5.41, 5.74) is 4.77. The number of aromatic nitrogens is 2. The Balaban J connectivity index is 2.26. The number of ether oxygens (including phenoxy) is 1. The van der Waals surface area contributed by atoms with Crippen molar-refractivity contribution >= 4 is 15.9 Å². The van der Waals surface area contributed by atoms with Crippen molar-refractivity contribution < 1.29 is 4.74 Å². The molecule has 0 saturated heterocycles. The Bertz CT molecular complexity index is 607. The van der Waals surface area contributed by atoms with E-state index >= 15 is 0 Å². The van der Waals surface area contributed by atoms with Crippen molar-refractivity contribution in [3.63, 3.8) is 0 Å². The molecule has 0 spiro atoms. The Hall–Kier alpha value is -1.33. The topological polar surface area (TPSA) is 39.1 Å². The van der Waals surface area contributed by atoms with Crippen LogP contribution in [0.15, 0.2) is 22.7 Å². The van der Waals surface area contributed by atoms with E-state index in [0.29, 0.717) is 0 Å². The van der Waals surface area contributed by atoms with Crippen LogP contribution in [0, 0.1) is 13.8 Å². The number of methoxy groups -OCH3 is 1. The van der Waals surface area contributed by atoms with Gasteiger partial charge in [0.05, 0.1) is 23.8 Å². The first-order valence-electron chi connectivity index (χ1n) is 6.56. The molecule has 2 rings (SSSR count). The molecule has 20 heavy (non-hydrogen) atoms. The lowest BCUT2D eigenvalue weighted by molar-refractivity contribution is 0.412. The van der Waals surface area contributed by atoms with E-state index in [9.17, 15) is 0 Å². The Kier molecular flexibility index (Phi) is 4.83. The smallest absolute Gasteiger partial charge is 0.133 e. The maximum Gasteiger partial charge on any atom is 0.133 e. The van der Waals surface area contributed by atoms with Crippen LogP contribution in [0.2, 0.25) is 0 Å². The molecule has 1 aromatic carbocycles. The molecule has 5 heteroatoms. The van der Waals surface area contributed by atoms with Crippen LogP contribution in [-0.4, -0.2) is 23.9 Å². The Labute approximate surface area is 128 Å². The first-order chi connectivity index (χ1) is 9.56. The molecular weight excluding hydrogens is 318 g/mol. The minimum absolute atomic E-state index is 0.763. The lowest BCUT2D eigenvalue weighted by atomic mass is 10.2. The first kappa shape index (κ1) is 15.1. The van der Waals surface area contributed by atoms with Gasteiger partial charge < -0.3 is 10.1 Å². The van der Waals surface area contributed by atoms with Crippen LogP contribution in [0.3, 0.4) is 0 Å². The van der Waals surface area contributed by atoms with Gasteiger partial charge in [-0.1, -0.05) is 6.07 Å². The normalized spacial score (nSPS) is 10.8. The summed E-state index contributed by atoms with van der Waals surface area (Å²) in [6.45, 7) is 5.79. The summed E-state index contributed by atoms with van der Waals surface area (Å²) in [6, 6.07) is 6.12. The quantitative estimate of drug-likeness (QED) is 0.911. The van der Waals surface area contributed by atoms with E-state index in [-0.39, 0.29) is 0 Å². The molecule has 0 fully saturated rings. The van der Waals surface area contributed by atoms with E-state index in [1.165, 1.54) is 16.8 Å². The van der Waals surface area contributed by atoms with Gasteiger partial charge in [-0.3, -0.25) is 4.68 Å². The minimum Gasteiger partial charge on any atom is -0.496 e. The highest BCUT2D eigenvalue weighted by Crippen LogP contribution is 2.26. The average Bonchev–Trinajstić information content (AvgIpc) is 2.67. The molecule has 0 atom stereocenters. The Morgan fingerprint density at radius 1 is 1.35 bits per heavy atom. The van der Waals surface area contributed by atoms with Crippen LogP contribution in [0.25, 0.3) is 0 Å². The summed E-state index contributed by atoms with van der Waals surface area (Å²) in [4.78, 5) is 0. The molecular formula is C15H20BrN3O. The minimum atomic E-state index is 0.763. The third kappa shape index (κ3) is 3.04. The fourth-order valence-corrected chi connectivity index (χ4v) is 2.89. The van der Waals surface area contributed by atoms with Crippen LogP contribution < -0.4 is 10.1 Å². The summed E-state index contributed by atoms with van der Waals surface area (Å²) in [6.07, 6.45) is 0. The van der Waals surface area contributed by atoms with E-state index in [1.807, 2.05) is 13.1 Å². The molecule has 1 N–H and O–H groups in total. The van der Waals surface area contributed by atoms with Gasteiger partial charge in [-0.05, 0) is 54.5 Å². The third-order valence-electron chi connectivity index (χ3n) is 3.43. The highest BCUT2D eigenvalue weighted by atomic mass is 79.9. The zero-order valence-corrected chi connectivity index (χ0v) is 13.9. The van der Waals surface area contributed by atoms with Crippen molar-refractivity contribution in [1.82, 2.24) is 15.1 Å². The number of rotatable bonds is 5. The van der Waals surface area contributed by atoms with Crippen LogP contribution in [0.5, 0.6) is 5.75 Å². The van der Waals surface area contributed by atoms with Crippen LogP contribution >= 0.6 is 15.9 Å². The number of halogens is 1. The Morgan fingerprint density at radius 3 is 2.70 bits per heavy atom. The molecule has 0 unspecified atom stereocenters. The second-order valence-corrected chi connectivity index (χ2v) is 5.66. The second kappa shape index (κ2) is 6.41. The fraction of sp³-hybridized carbons (Fsp3) is 0.400. The zero-order valence-electron chi connectivity index (χ0n) is 12.3. The van der Waals surface area contributed by atoms with E-state index in [4.69, 9.17) is 4.74 Å². The monoisotopic (exact) mass is 337 g/mol. The van der Waals surface area contributed by atoms with Gasteiger partial charge in [-0.2, -0.15) is 5.10 Å². The SMILES string of the molecule is CNCc1c(C)nn(Cc2ccc(OC)c(Br)c2)c1C. The number of nitrogens with zero attached hydrogens (tertiary/aromatic N) is 2. The molecule has 0 saturated carbocycles. The van der Waals surface area contributed by atoms with Crippen LogP contribution in [-0.2, 0) is 13.1 Å². The van der Waals surface area contributed by atoms with Crippen LogP contribution in [0.1, 0.15) is 22.5 Å². The summed E-state index contributed by atoms with van der Waals surface area (Å²) < 4.78 is 8.27. The van der Waals surface area contributed by atoms with Crippen LogP contribution in [0.4, 0.5) is 0 Å². The average molecular weight is 338 g/mol. The Morgan fingerprint density at radius 2 is 2.10 bits per heavy atom. The van der Waals surface area contributed by atoms with Gasteiger partial charge in [0.25, 0.3) is 0 Å². The summed E-state index contributed by atoms with van der Waals surface area (Å²) >= 11 is 3.52. The standard InChI is InChI=1S/C15H20BrN3O/c1-10-13(8-17-3)11(2)19(18-10)9-12-5-6-15(20-4)14(16)7-12/h5-7,17H,8-9H2,1-4H3. The van der Waals surface area contributed by atoms with Crippen molar-refractivity contribution in [3.05, 3.63) is 45.2 Å². The van der Waals surface area contributed by atoms with Gasteiger partial charge in [0.1, 0.15) is 5.75 Å². The largest absolute Gasteiger partial charge is 0.496 e. The first-order valence-corrected chi connectivity index (χ1v) is 7.36. The maximum absolute atomic E-state index is 5.25. The molecule has 108 valence electrons. The highest BCUT2D eigenvalue weighted by molar-refractivity contribution is 9.10. The predicted molar refractivity (Wildman–Crippen MR) is 84.3 cm³/mol. The molecule has 0 aliphatic heterocycles. The molecule has 0 bridgehead atoms. The van der Waals surface area contributed by atoms with E-state index in [2.05, 4.69) is 57.0 Å². The molecule has 0 aliphatic carbocycles. The number of nitrogens with one attached hydrogen (secondary N) is 1. The van der Waals surface area contributed by atoms with E-state index < -0.39 is 0 Å². The van der Waals surface area contributed by atoms with Crippen molar-refractivity contribution in [3.8, 4) is 5.75 Å². The lowest BCUT2D eigenvalue weighted by Crippen LogP contribution is -2.08. The molecule has 2 aromatic rings. The second-order valence-electron chi connectivity index (χ2n) is 4.81. The predicted octanol–water partition coefficient (Wildman–Crippen LogP) is 3.04. The molecule has 4 nitrogen and oxygen atoms in total. The van der Waals surface area contributed by atoms with Gasteiger partial charge in [0, 0.05) is 17.8 Å². The number of hydrogen-bond donors (Lipinski definition) is 1. The van der Waals surface area contributed by atoms with Crippen molar-refractivity contribution in [1.29, 1.82) is 0 Å². The van der Waals surface area contributed by atoms with Gasteiger partial charge >= 0.3 is 0 Å². The molecule has 1 aromatic heterocycles. The third-order valence-corrected chi connectivity index (χ3v) is 4.05. The van der Waals surface area contributed by atoms with Gasteiger partial charge in [0.2, 0.25) is 0 Å². The molecule has 0 aliphatic rings.